The summed E-state index contributed by atoms with van der Waals surface area (Å²) in [6.45, 7) is 2.84. The van der Waals surface area contributed by atoms with Gasteiger partial charge >= 0.3 is 0 Å². The van der Waals surface area contributed by atoms with Gasteiger partial charge in [0.2, 0.25) is 15.9 Å². The van der Waals surface area contributed by atoms with Crippen LogP contribution in [0.2, 0.25) is 0 Å². The normalized spacial score (nSPS) is 13.5. The van der Waals surface area contributed by atoms with E-state index in [-0.39, 0.29) is 12.6 Å². The van der Waals surface area contributed by atoms with Crippen LogP contribution in [0.25, 0.3) is 0 Å². The Morgan fingerprint density at radius 2 is 1.69 bits per heavy atom. The molecule has 0 aliphatic carbocycles. The van der Waals surface area contributed by atoms with Crippen LogP contribution in [0, 0.1) is 0 Å². The van der Waals surface area contributed by atoms with E-state index in [9.17, 15) is 13.2 Å². The average Bonchev–Trinajstić information content (AvgIpc) is 2.86. The molecule has 0 radical (unpaired) electrons. The van der Waals surface area contributed by atoms with Gasteiger partial charge in [-0.2, -0.15) is 0 Å². The molecule has 1 amide bonds. The zero-order chi connectivity index (χ0) is 24.8. The fourth-order valence-corrected chi connectivity index (χ4v) is 4.54. The molecule has 0 saturated carbocycles. The molecule has 3 aromatic rings. The number of fused-ring (bicyclic) bond motifs is 1. The number of anilines is 1. The van der Waals surface area contributed by atoms with Crippen LogP contribution in [0.1, 0.15) is 24.1 Å². The molecule has 1 N–H and O–H groups in total. The third-order valence-electron chi connectivity index (χ3n) is 5.50. The number of rotatable bonds is 9. The highest BCUT2D eigenvalue weighted by Gasteiger charge is 2.23. The first-order valence-corrected chi connectivity index (χ1v) is 13.1. The first-order chi connectivity index (χ1) is 16.8. The van der Waals surface area contributed by atoms with Gasteiger partial charge in [0.25, 0.3) is 0 Å². The highest BCUT2D eigenvalue weighted by atomic mass is 32.2. The number of carbonyl (C=O) groups is 1. The maximum Gasteiger partial charge on any atom is 0.241 e. The number of nitrogens with one attached hydrogen (secondary N) is 1. The van der Waals surface area contributed by atoms with E-state index in [0.29, 0.717) is 42.8 Å². The lowest BCUT2D eigenvalue weighted by Crippen LogP contribution is -2.41. The van der Waals surface area contributed by atoms with Crippen molar-refractivity contribution in [3.05, 3.63) is 83.9 Å². The van der Waals surface area contributed by atoms with E-state index in [1.165, 1.54) is 0 Å². The summed E-state index contributed by atoms with van der Waals surface area (Å²) in [7, 11) is -3.70. The number of ether oxygens (including phenoxy) is 3. The molecule has 1 heterocycles. The molecule has 1 atom stereocenters. The summed E-state index contributed by atoms with van der Waals surface area (Å²) in [5.41, 5.74) is 2.23. The highest BCUT2D eigenvalue weighted by Crippen LogP contribution is 2.32. The first-order valence-electron chi connectivity index (χ1n) is 11.2. The third-order valence-corrected chi connectivity index (χ3v) is 6.64. The number of carbonyl (C=O) groups excluding carboxylic acids is 1. The molecule has 184 valence electrons. The van der Waals surface area contributed by atoms with Crippen molar-refractivity contribution in [2.75, 3.05) is 30.3 Å². The van der Waals surface area contributed by atoms with Crippen molar-refractivity contribution in [3.8, 4) is 17.2 Å². The second-order valence-corrected chi connectivity index (χ2v) is 10.1. The largest absolute Gasteiger partial charge is 0.489 e. The van der Waals surface area contributed by atoms with E-state index >= 15 is 0 Å². The molecule has 35 heavy (non-hydrogen) atoms. The van der Waals surface area contributed by atoms with Crippen LogP contribution in [0.4, 0.5) is 5.69 Å². The molecule has 3 aromatic carbocycles. The number of benzene rings is 3. The van der Waals surface area contributed by atoms with Crippen LogP contribution in [0.5, 0.6) is 17.2 Å². The van der Waals surface area contributed by atoms with Crippen LogP contribution in [-0.2, 0) is 21.4 Å². The van der Waals surface area contributed by atoms with Crippen molar-refractivity contribution >= 4 is 21.6 Å². The number of nitrogens with zero attached hydrogens (tertiary/aromatic N) is 1. The maximum atomic E-state index is 12.8. The molecule has 0 aromatic heterocycles. The predicted molar refractivity (Wildman–Crippen MR) is 133 cm³/mol. The van der Waals surface area contributed by atoms with Crippen LogP contribution < -0.4 is 23.8 Å². The minimum absolute atomic E-state index is 0.349. The topological polar surface area (TPSA) is 94.2 Å². The number of sulfonamides is 1. The van der Waals surface area contributed by atoms with Crippen LogP contribution in [-0.4, -0.2) is 40.3 Å². The van der Waals surface area contributed by atoms with E-state index in [1.807, 2.05) is 49.4 Å². The Labute approximate surface area is 205 Å². The maximum absolute atomic E-state index is 12.8. The second-order valence-electron chi connectivity index (χ2n) is 8.23. The van der Waals surface area contributed by atoms with E-state index in [0.717, 1.165) is 21.7 Å². The number of amides is 1. The van der Waals surface area contributed by atoms with Gasteiger partial charge in [-0.05, 0) is 54.4 Å². The van der Waals surface area contributed by atoms with Crippen LogP contribution >= 0.6 is 0 Å². The summed E-state index contributed by atoms with van der Waals surface area (Å²) in [5.74, 6) is 1.46. The van der Waals surface area contributed by atoms with Gasteiger partial charge in [0.05, 0.1) is 18.0 Å². The Bertz CT molecular complexity index is 1260. The Morgan fingerprint density at radius 3 is 2.37 bits per heavy atom. The minimum atomic E-state index is -3.70. The van der Waals surface area contributed by atoms with E-state index < -0.39 is 15.9 Å². The molecule has 8 nitrogen and oxygen atoms in total. The van der Waals surface area contributed by atoms with Crippen molar-refractivity contribution in [1.29, 1.82) is 0 Å². The summed E-state index contributed by atoms with van der Waals surface area (Å²) in [6, 6.07) is 21.5. The molecule has 1 aliphatic heterocycles. The summed E-state index contributed by atoms with van der Waals surface area (Å²) in [5, 5.41) is 2.86. The molecular weight excluding hydrogens is 468 g/mol. The van der Waals surface area contributed by atoms with Crippen molar-refractivity contribution in [2.24, 2.45) is 0 Å². The summed E-state index contributed by atoms with van der Waals surface area (Å²) < 4.78 is 42.9. The fourth-order valence-electron chi connectivity index (χ4n) is 3.68. The predicted octanol–water partition coefficient (Wildman–Crippen LogP) is 3.68. The van der Waals surface area contributed by atoms with Gasteiger partial charge in [-0.1, -0.05) is 36.4 Å². The molecule has 0 saturated heterocycles. The molecule has 0 bridgehead atoms. The van der Waals surface area contributed by atoms with E-state index in [1.54, 1.807) is 30.3 Å². The summed E-state index contributed by atoms with van der Waals surface area (Å²) in [4.78, 5) is 12.8. The Kier molecular flexibility index (Phi) is 7.45. The van der Waals surface area contributed by atoms with E-state index in [4.69, 9.17) is 14.2 Å². The second kappa shape index (κ2) is 10.7. The fraction of sp³-hybridized carbons (Fsp3) is 0.269. The smallest absolute Gasteiger partial charge is 0.241 e. The lowest BCUT2D eigenvalue weighted by Gasteiger charge is -2.24. The van der Waals surface area contributed by atoms with Crippen LogP contribution in [0.15, 0.2) is 72.8 Å². The van der Waals surface area contributed by atoms with Crippen molar-refractivity contribution in [1.82, 2.24) is 5.32 Å². The lowest BCUT2D eigenvalue weighted by molar-refractivity contribution is -0.120. The zero-order valence-electron chi connectivity index (χ0n) is 19.6. The van der Waals surface area contributed by atoms with Gasteiger partial charge < -0.3 is 19.5 Å². The van der Waals surface area contributed by atoms with Crippen molar-refractivity contribution < 1.29 is 27.4 Å². The first kappa shape index (κ1) is 24.4. The van der Waals surface area contributed by atoms with Gasteiger partial charge in [-0.3, -0.25) is 9.10 Å². The molecule has 0 spiro atoms. The molecule has 9 heteroatoms. The zero-order valence-corrected chi connectivity index (χ0v) is 20.5. The van der Waals surface area contributed by atoms with Gasteiger partial charge in [0.15, 0.2) is 11.5 Å². The molecule has 4 rings (SSSR count). The standard InChI is InChI=1S/C26H28N2O6S/c1-19(21-8-13-24-25(16-21)33-15-14-32-24)27-26(29)17-28(35(2,30)31)22-9-11-23(12-10-22)34-18-20-6-4-3-5-7-20/h3-13,16,19H,14-15,17-18H2,1-2H3,(H,27,29)/t19-/m0/s1. The average molecular weight is 497 g/mol. The summed E-state index contributed by atoms with van der Waals surface area (Å²) in [6.07, 6.45) is 1.07. The molecule has 0 fully saturated rings. The Morgan fingerprint density at radius 1 is 1.00 bits per heavy atom. The van der Waals surface area contributed by atoms with Gasteiger partial charge in [-0.25, -0.2) is 8.42 Å². The lowest BCUT2D eigenvalue weighted by atomic mass is 10.1. The highest BCUT2D eigenvalue weighted by molar-refractivity contribution is 7.92. The van der Waals surface area contributed by atoms with E-state index in [2.05, 4.69) is 5.32 Å². The summed E-state index contributed by atoms with van der Waals surface area (Å²) >= 11 is 0. The third kappa shape index (κ3) is 6.45. The molecular formula is C26H28N2O6S. The Hall–Kier alpha value is -3.72. The minimum Gasteiger partial charge on any atom is -0.489 e. The number of hydrogen-bond acceptors (Lipinski definition) is 6. The van der Waals surface area contributed by atoms with Crippen molar-refractivity contribution in [3.63, 3.8) is 0 Å². The number of hydrogen-bond donors (Lipinski definition) is 1. The van der Waals surface area contributed by atoms with Crippen LogP contribution in [0.3, 0.4) is 0 Å². The molecule has 1 aliphatic rings. The van der Waals surface area contributed by atoms with Gasteiger partial charge in [0.1, 0.15) is 32.1 Å². The monoisotopic (exact) mass is 496 g/mol. The van der Waals surface area contributed by atoms with Gasteiger partial charge in [-0.15, -0.1) is 0 Å². The Balaban J connectivity index is 1.40. The van der Waals surface area contributed by atoms with Crippen molar-refractivity contribution in [2.45, 2.75) is 19.6 Å². The quantitative estimate of drug-likeness (QED) is 0.486. The SMILES string of the molecule is C[C@H](NC(=O)CN(c1ccc(OCc2ccccc2)cc1)S(C)(=O)=O)c1ccc2c(c1)OCCO2. The van der Waals surface area contributed by atoms with Gasteiger partial charge in [0, 0.05) is 0 Å². The molecule has 0 unspecified atom stereocenters.